The zero-order valence-electron chi connectivity index (χ0n) is 9.45. The number of thiazole rings is 1. The Hall–Kier alpha value is -1.39. The molecule has 17 heavy (non-hydrogen) atoms. The second-order valence-corrected chi connectivity index (χ2v) is 4.97. The molecule has 0 fully saturated rings. The van der Waals surface area contributed by atoms with Crippen LogP contribution in [0.3, 0.4) is 0 Å². The topological polar surface area (TPSA) is 42.0 Å². The van der Waals surface area contributed by atoms with Gasteiger partial charge in [0.05, 0.1) is 0 Å². The first-order chi connectivity index (χ1) is 8.06. The van der Waals surface area contributed by atoms with Crippen molar-refractivity contribution in [1.29, 1.82) is 0 Å². The van der Waals surface area contributed by atoms with Crippen LogP contribution >= 0.6 is 22.9 Å². The number of carbonyl (C=O) groups excluding carboxylic acids is 1. The number of ketones is 1. The molecule has 0 amide bonds. The van der Waals surface area contributed by atoms with Crippen LogP contribution in [0, 0.1) is 6.92 Å². The van der Waals surface area contributed by atoms with Crippen molar-refractivity contribution >= 4 is 39.5 Å². The number of halogens is 1. The summed E-state index contributed by atoms with van der Waals surface area (Å²) in [7, 11) is 0. The third kappa shape index (κ3) is 2.84. The van der Waals surface area contributed by atoms with Gasteiger partial charge in [-0.15, -0.1) is 11.3 Å². The van der Waals surface area contributed by atoms with Crippen LogP contribution in [-0.2, 0) is 0 Å². The smallest absolute Gasteiger partial charge is 0.187 e. The van der Waals surface area contributed by atoms with Crippen LogP contribution in [0.4, 0.5) is 10.8 Å². The van der Waals surface area contributed by atoms with E-state index in [0.29, 0.717) is 15.8 Å². The van der Waals surface area contributed by atoms with Gasteiger partial charge in [0, 0.05) is 23.0 Å². The number of anilines is 2. The van der Waals surface area contributed by atoms with Gasteiger partial charge in [-0.1, -0.05) is 11.6 Å². The molecule has 2 aromatic rings. The van der Waals surface area contributed by atoms with Crippen LogP contribution in [0.25, 0.3) is 0 Å². The predicted octanol–water partition coefficient (Wildman–Crippen LogP) is 4.05. The fourth-order valence-corrected chi connectivity index (χ4v) is 2.36. The van der Waals surface area contributed by atoms with Gasteiger partial charge in [0.25, 0.3) is 0 Å². The molecule has 0 bridgehead atoms. The minimum absolute atomic E-state index is 0.0258. The van der Waals surface area contributed by atoms with E-state index < -0.39 is 0 Å². The Morgan fingerprint density at radius 3 is 2.82 bits per heavy atom. The maximum Gasteiger partial charge on any atom is 0.187 e. The molecule has 1 aromatic heterocycles. The van der Waals surface area contributed by atoms with Crippen molar-refractivity contribution in [3.63, 3.8) is 0 Å². The molecule has 1 aromatic carbocycles. The molecule has 3 nitrogen and oxygen atoms in total. The number of rotatable bonds is 3. The second-order valence-electron chi connectivity index (χ2n) is 3.68. The van der Waals surface area contributed by atoms with E-state index in [2.05, 4.69) is 10.3 Å². The van der Waals surface area contributed by atoms with E-state index in [1.165, 1.54) is 18.3 Å². The van der Waals surface area contributed by atoms with Gasteiger partial charge in [-0.25, -0.2) is 4.98 Å². The predicted molar refractivity (Wildman–Crippen MR) is 71.6 cm³/mol. The molecule has 0 saturated heterocycles. The molecule has 0 spiro atoms. The lowest BCUT2D eigenvalue weighted by Crippen LogP contribution is -1.95. The number of hydrogen-bond acceptors (Lipinski definition) is 4. The summed E-state index contributed by atoms with van der Waals surface area (Å²) in [5.74, 6) is -0.0258. The van der Waals surface area contributed by atoms with Crippen LogP contribution in [-0.4, -0.2) is 10.8 Å². The first-order valence-electron chi connectivity index (χ1n) is 5.06. The number of aromatic nitrogens is 1. The van der Waals surface area contributed by atoms with E-state index in [1.807, 2.05) is 25.1 Å². The highest BCUT2D eigenvalue weighted by molar-refractivity contribution is 7.14. The Kier molecular flexibility index (Phi) is 3.45. The number of hydrogen-bond donors (Lipinski definition) is 1. The van der Waals surface area contributed by atoms with Gasteiger partial charge in [0.15, 0.2) is 10.9 Å². The SMILES string of the molecule is CC(=O)c1csc(Nc2ccc(Cl)cc2C)n1. The lowest BCUT2D eigenvalue weighted by atomic mass is 10.2. The van der Waals surface area contributed by atoms with E-state index in [4.69, 9.17) is 11.6 Å². The number of carbonyl (C=O) groups is 1. The van der Waals surface area contributed by atoms with Gasteiger partial charge in [-0.05, 0) is 30.7 Å². The third-order valence-electron chi connectivity index (χ3n) is 2.29. The van der Waals surface area contributed by atoms with Gasteiger partial charge in [0.2, 0.25) is 0 Å². The monoisotopic (exact) mass is 266 g/mol. The molecule has 1 heterocycles. The maximum absolute atomic E-state index is 11.1. The Labute approximate surface area is 108 Å². The van der Waals surface area contributed by atoms with Gasteiger partial charge in [0.1, 0.15) is 5.69 Å². The van der Waals surface area contributed by atoms with Crippen LogP contribution in [0.2, 0.25) is 5.02 Å². The molecule has 1 N–H and O–H groups in total. The fourth-order valence-electron chi connectivity index (χ4n) is 1.38. The summed E-state index contributed by atoms with van der Waals surface area (Å²) in [5.41, 5.74) is 2.47. The van der Waals surface area contributed by atoms with E-state index >= 15 is 0 Å². The molecule has 0 atom stereocenters. The van der Waals surface area contributed by atoms with Crippen LogP contribution in [0.15, 0.2) is 23.6 Å². The molecule has 0 radical (unpaired) electrons. The summed E-state index contributed by atoms with van der Waals surface area (Å²) in [6.07, 6.45) is 0. The Morgan fingerprint density at radius 2 is 2.24 bits per heavy atom. The number of benzene rings is 1. The number of nitrogens with one attached hydrogen (secondary N) is 1. The highest BCUT2D eigenvalue weighted by atomic mass is 35.5. The summed E-state index contributed by atoms with van der Waals surface area (Å²) in [6, 6.07) is 5.59. The molecule has 0 aliphatic carbocycles. The zero-order valence-corrected chi connectivity index (χ0v) is 11.0. The Bertz CT molecular complexity index is 565. The average Bonchev–Trinajstić information content (AvgIpc) is 2.71. The van der Waals surface area contributed by atoms with Gasteiger partial charge >= 0.3 is 0 Å². The normalized spacial score (nSPS) is 10.3. The number of aryl methyl sites for hydroxylation is 1. The summed E-state index contributed by atoms with van der Waals surface area (Å²) in [4.78, 5) is 15.3. The fraction of sp³-hybridized carbons (Fsp3) is 0.167. The van der Waals surface area contributed by atoms with Crippen molar-refractivity contribution in [3.8, 4) is 0 Å². The number of nitrogens with zero attached hydrogens (tertiary/aromatic N) is 1. The van der Waals surface area contributed by atoms with Crippen molar-refractivity contribution in [1.82, 2.24) is 4.98 Å². The lowest BCUT2D eigenvalue weighted by Gasteiger charge is -2.06. The van der Waals surface area contributed by atoms with E-state index in [-0.39, 0.29) is 5.78 Å². The highest BCUT2D eigenvalue weighted by Gasteiger charge is 2.07. The first kappa shape index (κ1) is 12.1. The van der Waals surface area contributed by atoms with Crippen molar-refractivity contribution < 1.29 is 4.79 Å². The minimum atomic E-state index is -0.0258. The molecule has 5 heteroatoms. The third-order valence-corrected chi connectivity index (χ3v) is 3.29. The van der Waals surface area contributed by atoms with Crippen LogP contribution in [0.1, 0.15) is 23.0 Å². The molecule has 0 saturated carbocycles. The van der Waals surface area contributed by atoms with E-state index in [1.54, 1.807) is 5.38 Å². The maximum atomic E-state index is 11.1. The highest BCUT2D eigenvalue weighted by Crippen LogP contribution is 2.25. The van der Waals surface area contributed by atoms with Gasteiger partial charge in [-0.2, -0.15) is 0 Å². The standard InChI is InChI=1S/C12H11ClN2OS/c1-7-5-9(13)3-4-10(7)14-12-15-11(6-17-12)8(2)16/h3-6H,1-2H3,(H,14,15). The van der Waals surface area contributed by atoms with Crippen molar-refractivity contribution in [2.24, 2.45) is 0 Å². The summed E-state index contributed by atoms with van der Waals surface area (Å²) in [5, 5.41) is 6.33. The lowest BCUT2D eigenvalue weighted by molar-refractivity contribution is 0.101. The van der Waals surface area contributed by atoms with Gasteiger partial charge < -0.3 is 5.32 Å². The molecular formula is C12H11ClN2OS. The second kappa shape index (κ2) is 4.85. The first-order valence-corrected chi connectivity index (χ1v) is 6.31. The van der Waals surface area contributed by atoms with Crippen molar-refractivity contribution in [2.75, 3.05) is 5.32 Å². The van der Waals surface area contributed by atoms with Crippen LogP contribution < -0.4 is 5.32 Å². The molecule has 88 valence electrons. The summed E-state index contributed by atoms with van der Waals surface area (Å²) in [6.45, 7) is 3.47. The number of Topliss-reactive ketones (excluding diaryl/α,β-unsaturated/α-hetero) is 1. The largest absolute Gasteiger partial charge is 0.331 e. The molecule has 2 rings (SSSR count). The van der Waals surface area contributed by atoms with E-state index in [9.17, 15) is 4.79 Å². The van der Waals surface area contributed by atoms with Gasteiger partial charge in [-0.3, -0.25) is 4.79 Å². The molecule has 0 aliphatic heterocycles. The molecule has 0 aliphatic rings. The minimum Gasteiger partial charge on any atom is -0.331 e. The summed E-state index contributed by atoms with van der Waals surface area (Å²) < 4.78 is 0. The zero-order chi connectivity index (χ0) is 12.4. The van der Waals surface area contributed by atoms with Crippen LogP contribution in [0.5, 0.6) is 0 Å². The summed E-state index contributed by atoms with van der Waals surface area (Å²) >= 11 is 7.29. The Morgan fingerprint density at radius 1 is 1.47 bits per heavy atom. The molecule has 0 unspecified atom stereocenters. The van der Waals surface area contributed by atoms with Crippen molar-refractivity contribution in [3.05, 3.63) is 39.9 Å². The Balaban J connectivity index is 2.22. The average molecular weight is 267 g/mol. The van der Waals surface area contributed by atoms with Crippen molar-refractivity contribution in [2.45, 2.75) is 13.8 Å². The quantitative estimate of drug-likeness (QED) is 0.852. The van der Waals surface area contributed by atoms with E-state index in [0.717, 1.165) is 11.3 Å². The molecular weight excluding hydrogens is 256 g/mol.